The second kappa shape index (κ2) is 4.34. The summed E-state index contributed by atoms with van der Waals surface area (Å²) in [6.45, 7) is 0. The fourth-order valence-corrected chi connectivity index (χ4v) is 2.24. The number of aromatic nitrogens is 2. The minimum absolute atomic E-state index is 0.448. The van der Waals surface area contributed by atoms with E-state index in [9.17, 15) is 0 Å². The highest BCUT2D eigenvalue weighted by Crippen LogP contribution is 2.24. The number of hydrogen-bond donors (Lipinski definition) is 1. The molecule has 3 nitrogen and oxygen atoms in total. The van der Waals surface area contributed by atoms with Crippen LogP contribution in [0.25, 0.3) is 10.9 Å². The van der Waals surface area contributed by atoms with E-state index in [0.717, 1.165) is 29.6 Å². The standard InChI is InChI=1S/C13H12ClN3/c14-9-5-6-11-12(7-9)15-8-16-13(11)17-10-3-1-2-4-10/h1-2,5-8,10H,3-4H2,(H,15,16,17). The van der Waals surface area contributed by atoms with Crippen molar-refractivity contribution in [2.24, 2.45) is 0 Å². The van der Waals surface area contributed by atoms with Crippen LogP contribution in [-0.4, -0.2) is 16.0 Å². The summed E-state index contributed by atoms with van der Waals surface area (Å²) < 4.78 is 0. The topological polar surface area (TPSA) is 37.8 Å². The highest BCUT2D eigenvalue weighted by atomic mass is 35.5. The summed E-state index contributed by atoms with van der Waals surface area (Å²) in [5.41, 5.74) is 0.876. The Kier molecular flexibility index (Phi) is 2.69. The number of hydrogen-bond acceptors (Lipinski definition) is 3. The van der Waals surface area contributed by atoms with Crippen molar-refractivity contribution < 1.29 is 0 Å². The predicted octanol–water partition coefficient (Wildman–Crippen LogP) is 3.41. The number of nitrogens with one attached hydrogen (secondary N) is 1. The van der Waals surface area contributed by atoms with Crippen molar-refractivity contribution >= 4 is 28.3 Å². The highest BCUT2D eigenvalue weighted by molar-refractivity contribution is 6.31. The molecule has 17 heavy (non-hydrogen) atoms. The van der Waals surface area contributed by atoms with Crippen molar-refractivity contribution in [2.75, 3.05) is 5.32 Å². The Balaban J connectivity index is 1.98. The first-order valence-electron chi connectivity index (χ1n) is 5.65. The zero-order valence-corrected chi connectivity index (χ0v) is 9.98. The Hall–Kier alpha value is -1.61. The Morgan fingerprint density at radius 2 is 2.00 bits per heavy atom. The molecule has 4 heteroatoms. The van der Waals surface area contributed by atoms with Crippen LogP contribution in [0.4, 0.5) is 5.82 Å². The zero-order chi connectivity index (χ0) is 11.7. The third-order valence-corrected chi connectivity index (χ3v) is 3.18. The number of rotatable bonds is 2. The fraction of sp³-hybridized carbons (Fsp3) is 0.231. The molecule has 1 aromatic carbocycles. The van der Waals surface area contributed by atoms with E-state index in [2.05, 4.69) is 27.4 Å². The van der Waals surface area contributed by atoms with Gasteiger partial charge >= 0.3 is 0 Å². The van der Waals surface area contributed by atoms with Crippen molar-refractivity contribution in [2.45, 2.75) is 18.9 Å². The molecule has 0 spiro atoms. The summed E-state index contributed by atoms with van der Waals surface area (Å²) >= 11 is 5.95. The molecule has 0 amide bonds. The van der Waals surface area contributed by atoms with E-state index in [1.165, 1.54) is 0 Å². The van der Waals surface area contributed by atoms with E-state index in [0.29, 0.717) is 11.1 Å². The predicted molar refractivity (Wildman–Crippen MR) is 70.3 cm³/mol. The average molecular weight is 246 g/mol. The van der Waals surface area contributed by atoms with Crippen molar-refractivity contribution in [3.63, 3.8) is 0 Å². The molecule has 0 saturated heterocycles. The van der Waals surface area contributed by atoms with E-state index < -0.39 is 0 Å². The molecule has 0 aliphatic heterocycles. The monoisotopic (exact) mass is 245 g/mol. The molecule has 1 aliphatic carbocycles. The maximum atomic E-state index is 5.95. The van der Waals surface area contributed by atoms with E-state index in [1.807, 2.05) is 18.2 Å². The fourth-order valence-electron chi connectivity index (χ4n) is 2.07. The van der Waals surface area contributed by atoms with Gasteiger partial charge in [0.1, 0.15) is 12.1 Å². The second-order valence-corrected chi connectivity index (χ2v) is 4.60. The van der Waals surface area contributed by atoms with E-state index in [1.54, 1.807) is 6.33 Å². The molecule has 0 saturated carbocycles. The second-order valence-electron chi connectivity index (χ2n) is 4.17. The summed E-state index contributed by atoms with van der Waals surface area (Å²) in [4.78, 5) is 8.53. The summed E-state index contributed by atoms with van der Waals surface area (Å²) in [5.74, 6) is 0.889. The molecule has 1 aliphatic rings. The van der Waals surface area contributed by atoms with Gasteiger partial charge in [0.25, 0.3) is 0 Å². The maximum absolute atomic E-state index is 5.95. The van der Waals surface area contributed by atoms with Gasteiger partial charge in [0, 0.05) is 16.5 Å². The first-order chi connectivity index (χ1) is 8.33. The molecular weight excluding hydrogens is 234 g/mol. The van der Waals surface area contributed by atoms with Gasteiger partial charge < -0.3 is 5.32 Å². The molecule has 86 valence electrons. The quantitative estimate of drug-likeness (QED) is 0.824. The van der Waals surface area contributed by atoms with Crippen LogP contribution in [0, 0.1) is 0 Å². The molecule has 1 N–H and O–H groups in total. The number of nitrogens with zero attached hydrogens (tertiary/aromatic N) is 2. The molecule has 1 aromatic heterocycles. The van der Waals surface area contributed by atoms with Crippen LogP contribution in [0.2, 0.25) is 5.02 Å². The molecule has 2 aromatic rings. The SMILES string of the molecule is Clc1ccc2c(NC3CC=CC3)ncnc2c1. The Labute approximate surface area is 105 Å². The van der Waals surface area contributed by atoms with Crippen molar-refractivity contribution in [3.8, 4) is 0 Å². The van der Waals surface area contributed by atoms with Gasteiger partial charge in [-0.3, -0.25) is 0 Å². The molecule has 0 fully saturated rings. The Bertz CT molecular complexity index is 572. The van der Waals surface area contributed by atoms with Crippen LogP contribution >= 0.6 is 11.6 Å². The molecule has 0 unspecified atom stereocenters. The lowest BCUT2D eigenvalue weighted by molar-refractivity contribution is 0.782. The van der Waals surface area contributed by atoms with Crippen LogP contribution in [0.15, 0.2) is 36.7 Å². The number of fused-ring (bicyclic) bond motifs is 1. The van der Waals surface area contributed by atoms with Crippen LogP contribution in [0.3, 0.4) is 0 Å². The first-order valence-corrected chi connectivity index (χ1v) is 6.02. The van der Waals surface area contributed by atoms with E-state index in [4.69, 9.17) is 11.6 Å². The molecule has 3 rings (SSSR count). The highest BCUT2D eigenvalue weighted by Gasteiger charge is 2.12. The van der Waals surface area contributed by atoms with Crippen molar-refractivity contribution in [1.82, 2.24) is 9.97 Å². The molecule has 0 radical (unpaired) electrons. The third kappa shape index (κ3) is 2.11. The van der Waals surface area contributed by atoms with Crippen molar-refractivity contribution in [1.29, 1.82) is 0 Å². The van der Waals surface area contributed by atoms with Gasteiger partial charge in [0.15, 0.2) is 0 Å². The zero-order valence-electron chi connectivity index (χ0n) is 9.23. The van der Waals surface area contributed by atoms with Crippen LogP contribution < -0.4 is 5.32 Å². The molecular formula is C13H12ClN3. The summed E-state index contributed by atoms with van der Waals surface area (Å²) in [7, 11) is 0. The Morgan fingerprint density at radius 3 is 2.82 bits per heavy atom. The largest absolute Gasteiger partial charge is 0.366 e. The lowest BCUT2D eigenvalue weighted by Gasteiger charge is -2.14. The number of anilines is 1. The smallest absolute Gasteiger partial charge is 0.137 e. The van der Waals surface area contributed by atoms with Gasteiger partial charge in [-0.2, -0.15) is 0 Å². The van der Waals surface area contributed by atoms with Gasteiger partial charge in [-0.1, -0.05) is 23.8 Å². The van der Waals surface area contributed by atoms with Gasteiger partial charge in [0.05, 0.1) is 5.52 Å². The van der Waals surface area contributed by atoms with Gasteiger partial charge in [0.2, 0.25) is 0 Å². The summed E-state index contributed by atoms with van der Waals surface area (Å²) in [6.07, 6.45) is 8.07. The van der Waals surface area contributed by atoms with Crippen LogP contribution in [0.5, 0.6) is 0 Å². The molecule has 0 bridgehead atoms. The maximum Gasteiger partial charge on any atom is 0.137 e. The van der Waals surface area contributed by atoms with E-state index >= 15 is 0 Å². The van der Waals surface area contributed by atoms with E-state index in [-0.39, 0.29) is 0 Å². The number of halogens is 1. The minimum Gasteiger partial charge on any atom is -0.366 e. The molecule has 0 atom stereocenters. The lowest BCUT2D eigenvalue weighted by atomic mass is 10.2. The van der Waals surface area contributed by atoms with Crippen molar-refractivity contribution in [3.05, 3.63) is 41.7 Å². The summed E-state index contributed by atoms with van der Waals surface area (Å²) in [6, 6.07) is 6.13. The van der Waals surface area contributed by atoms with Crippen LogP contribution in [0.1, 0.15) is 12.8 Å². The first kappa shape index (κ1) is 10.5. The van der Waals surface area contributed by atoms with Crippen LogP contribution in [-0.2, 0) is 0 Å². The molecule has 1 heterocycles. The van der Waals surface area contributed by atoms with Gasteiger partial charge in [-0.15, -0.1) is 0 Å². The third-order valence-electron chi connectivity index (χ3n) is 2.95. The average Bonchev–Trinajstić information content (AvgIpc) is 2.82. The lowest BCUT2D eigenvalue weighted by Crippen LogP contribution is -2.16. The number of benzene rings is 1. The van der Waals surface area contributed by atoms with Gasteiger partial charge in [-0.05, 0) is 31.0 Å². The Morgan fingerprint density at radius 1 is 1.18 bits per heavy atom. The normalized spacial score (nSPS) is 15.6. The summed E-state index contributed by atoms with van der Waals surface area (Å²) in [5, 5.41) is 5.16. The van der Waals surface area contributed by atoms with Gasteiger partial charge in [-0.25, -0.2) is 9.97 Å². The minimum atomic E-state index is 0.448.